The Hall–Kier alpha value is -0.0400. The fourth-order valence-electron chi connectivity index (χ4n) is 3.60. The van der Waals surface area contributed by atoms with Gasteiger partial charge < -0.3 is 0 Å². The third kappa shape index (κ3) is 1.84. The highest BCUT2D eigenvalue weighted by Crippen LogP contribution is 2.53. The fraction of sp³-hybridized carbons (Fsp3) is 0.923. The smallest absolute Gasteiger partial charge is 0.142 e. The average molecular weight is 229 g/mol. The second-order valence-electron chi connectivity index (χ2n) is 5.79. The third-order valence-corrected chi connectivity index (χ3v) is 4.95. The number of halogens is 1. The van der Waals surface area contributed by atoms with Crippen molar-refractivity contribution in [3.8, 4) is 0 Å². The number of fused-ring (bicyclic) bond motifs is 3. The Morgan fingerprint density at radius 3 is 2.73 bits per heavy atom. The summed E-state index contributed by atoms with van der Waals surface area (Å²) in [6, 6.07) is 0. The van der Waals surface area contributed by atoms with Crippen molar-refractivity contribution >= 4 is 17.4 Å². The number of Topliss-reactive ketones (excluding diaryl/α,β-unsaturated/α-hetero) is 1. The molecule has 2 bridgehead atoms. The maximum atomic E-state index is 12.2. The number of ketones is 1. The van der Waals surface area contributed by atoms with E-state index in [-0.39, 0.29) is 5.41 Å². The Balaban J connectivity index is 2.08. The minimum atomic E-state index is -0.0413. The molecular formula is C13H21ClO. The van der Waals surface area contributed by atoms with Crippen LogP contribution in [0, 0.1) is 23.2 Å². The molecule has 2 heteroatoms. The summed E-state index contributed by atoms with van der Waals surface area (Å²) in [5, 5.41) is 0. The molecule has 0 saturated heterocycles. The first-order chi connectivity index (χ1) is 7.07. The van der Waals surface area contributed by atoms with Crippen molar-refractivity contribution in [2.24, 2.45) is 23.2 Å². The van der Waals surface area contributed by atoms with E-state index in [2.05, 4.69) is 13.8 Å². The Morgan fingerprint density at radius 1 is 1.40 bits per heavy atom. The van der Waals surface area contributed by atoms with Gasteiger partial charge in [0.2, 0.25) is 0 Å². The van der Waals surface area contributed by atoms with Gasteiger partial charge in [-0.05, 0) is 43.9 Å². The summed E-state index contributed by atoms with van der Waals surface area (Å²) in [6.45, 7) is 4.29. The molecule has 3 rings (SSSR count). The number of rotatable bonds is 3. The van der Waals surface area contributed by atoms with Crippen molar-refractivity contribution in [2.75, 3.05) is 5.88 Å². The zero-order chi connectivity index (χ0) is 11.1. The molecule has 1 nitrogen and oxygen atoms in total. The van der Waals surface area contributed by atoms with Crippen LogP contribution in [0.4, 0.5) is 0 Å². The van der Waals surface area contributed by atoms with Crippen LogP contribution in [-0.2, 0) is 4.79 Å². The normalized spacial score (nSPS) is 38.3. The second kappa shape index (κ2) is 4.08. The molecule has 0 heterocycles. The Bertz CT molecular complexity index is 259. The first-order valence-electron chi connectivity index (χ1n) is 6.17. The van der Waals surface area contributed by atoms with E-state index in [9.17, 15) is 4.79 Å². The predicted molar refractivity (Wildman–Crippen MR) is 63.1 cm³/mol. The summed E-state index contributed by atoms with van der Waals surface area (Å²) in [5.74, 6) is 2.90. The number of alkyl halides is 1. The molecule has 0 aromatic rings. The zero-order valence-electron chi connectivity index (χ0n) is 9.76. The molecule has 0 N–H and O–H groups in total. The van der Waals surface area contributed by atoms with E-state index in [1.54, 1.807) is 0 Å². The summed E-state index contributed by atoms with van der Waals surface area (Å²) >= 11 is 5.73. The predicted octanol–water partition coefficient (Wildman–Crippen LogP) is 3.65. The van der Waals surface area contributed by atoms with Gasteiger partial charge in [-0.1, -0.05) is 13.8 Å². The average Bonchev–Trinajstić information content (AvgIpc) is 2.22. The van der Waals surface area contributed by atoms with Gasteiger partial charge in [-0.15, -0.1) is 11.6 Å². The highest BCUT2D eigenvalue weighted by atomic mass is 35.5. The molecular weight excluding hydrogens is 208 g/mol. The third-order valence-electron chi connectivity index (χ3n) is 4.68. The van der Waals surface area contributed by atoms with E-state index in [1.165, 1.54) is 12.8 Å². The Morgan fingerprint density at radius 2 is 2.13 bits per heavy atom. The lowest BCUT2D eigenvalue weighted by molar-refractivity contribution is -0.148. The van der Waals surface area contributed by atoms with Crippen LogP contribution in [0.1, 0.15) is 46.0 Å². The Kier molecular flexibility index (Phi) is 3.12. The maximum Gasteiger partial charge on any atom is 0.142 e. The van der Waals surface area contributed by atoms with Crippen LogP contribution in [0.3, 0.4) is 0 Å². The van der Waals surface area contributed by atoms with Crippen molar-refractivity contribution < 1.29 is 4.79 Å². The van der Waals surface area contributed by atoms with Gasteiger partial charge in [0.05, 0.1) is 0 Å². The van der Waals surface area contributed by atoms with Crippen LogP contribution in [0.15, 0.2) is 0 Å². The first kappa shape index (κ1) is 11.4. The Labute approximate surface area is 97.6 Å². The molecule has 0 aliphatic heterocycles. The van der Waals surface area contributed by atoms with Gasteiger partial charge >= 0.3 is 0 Å². The van der Waals surface area contributed by atoms with E-state index in [0.29, 0.717) is 23.5 Å². The van der Waals surface area contributed by atoms with Crippen LogP contribution in [-0.4, -0.2) is 11.7 Å². The van der Waals surface area contributed by atoms with E-state index in [4.69, 9.17) is 11.6 Å². The molecule has 0 radical (unpaired) electrons. The summed E-state index contributed by atoms with van der Waals surface area (Å²) in [4.78, 5) is 12.2. The van der Waals surface area contributed by atoms with Gasteiger partial charge in [-0.3, -0.25) is 4.79 Å². The van der Waals surface area contributed by atoms with Gasteiger partial charge in [0.25, 0.3) is 0 Å². The molecule has 3 saturated carbocycles. The van der Waals surface area contributed by atoms with Gasteiger partial charge in [0, 0.05) is 17.2 Å². The molecule has 3 aliphatic rings. The van der Waals surface area contributed by atoms with E-state index < -0.39 is 0 Å². The van der Waals surface area contributed by atoms with E-state index in [0.717, 1.165) is 25.1 Å². The second-order valence-corrected chi connectivity index (χ2v) is 6.17. The lowest BCUT2D eigenvalue weighted by atomic mass is 9.52. The quantitative estimate of drug-likeness (QED) is 0.674. The molecule has 0 aromatic heterocycles. The standard InChI is InChI=1S/C13H21ClO/c1-13(2)10-5-6-11(12(13)15)9(8-10)4-3-7-14/h9-11H,3-8H2,1-2H3. The van der Waals surface area contributed by atoms with Crippen LogP contribution < -0.4 is 0 Å². The van der Waals surface area contributed by atoms with Gasteiger partial charge in [0.15, 0.2) is 0 Å². The zero-order valence-corrected chi connectivity index (χ0v) is 10.5. The van der Waals surface area contributed by atoms with Crippen molar-refractivity contribution in [3.63, 3.8) is 0 Å². The molecule has 0 amide bonds. The van der Waals surface area contributed by atoms with Crippen LogP contribution in [0.5, 0.6) is 0 Å². The lowest BCUT2D eigenvalue weighted by Gasteiger charge is -2.50. The van der Waals surface area contributed by atoms with Crippen LogP contribution >= 0.6 is 11.6 Å². The molecule has 3 aliphatic carbocycles. The van der Waals surface area contributed by atoms with Gasteiger partial charge in [-0.2, -0.15) is 0 Å². The van der Waals surface area contributed by atoms with Crippen LogP contribution in [0.25, 0.3) is 0 Å². The summed E-state index contributed by atoms with van der Waals surface area (Å²) in [6.07, 6.45) is 5.90. The highest BCUT2D eigenvalue weighted by Gasteiger charge is 2.51. The SMILES string of the molecule is CC1(C)C(=O)C2CCC1CC2CCCCl. The minimum Gasteiger partial charge on any atom is -0.299 e. The number of carbonyl (C=O) groups excluding carboxylic acids is 1. The molecule has 86 valence electrons. The number of hydrogen-bond donors (Lipinski definition) is 0. The van der Waals surface area contributed by atoms with Gasteiger partial charge in [-0.25, -0.2) is 0 Å². The first-order valence-corrected chi connectivity index (χ1v) is 6.71. The molecule has 3 unspecified atom stereocenters. The fourth-order valence-corrected chi connectivity index (χ4v) is 3.76. The molecule has 3 fully saturated rings. The minimum absolute atomic E-state index is 0.0413. The highest BCUT2D eigenvalue weighted by molar-refractivity contribution is 6.17. The summed E-state index contributed by atoms with van der Waals surface area (Å²) in [5.41, 5.74) is -0.0413. The largest absolute Gasteiger partial charge is 0.299 e. The number of hydrogen-bond acceptors (Lipinski definition) is 1. The lowest BCUT2D eigenvalue weighted by Crippen LogP contribution is -2.50. The number of carbonyl (C=O) groups is 1. The van der Waals surface area contributed by atoms with Crippen molar-refractivity contribution in [2.45, 2.75) is 46.0 Å². The van der Waals surface area contributed by atoms with Gasteiger partial charge in [0.1, 0.15) is 5.78 Å². The van der Waals surface area contributed by atoms with Crippen LogP contribution in [0.2, 0.25) is 0 Å². The molecule has 0 aromatic carbocycles. The van der Waals surface area contributed by atoms with E-state index >= 15 is 0 Å². The van der Waals surface area contributed by atoms with E-state index in [1.807, 2.05) is 0 Å². The molecule has 15 heavy (non-hydrogen) atoms. The molecule has 3 atom stereocenters. The summed E-state index contributed by atoms with van der Waals surface area (Å²) in [7, 11) is 0. The van der Waals surface area contributed by atoms with Crippen molar-refractivity contribution in [1.29, 1.82) is 0 Å². The molecule has 0 spiro atoms. The monoisotopic (exact) mass is 228 g/mol. The topological polar surface area (TPSA) is 17.1 Å². The van der Waals surface area contributed by atoms with Crippen molar-refractivity contribution in [1.82, 2.24) is 0 Å². The summed E-state index contributed by atoms with van der Waals surface area (Å²) < 4.78 is 0. The maximum absolute atomic E-state index is 12.2. The van der Waals surface area contributed by atoms with Crippen molar-refractivity contribution in [3.05, 3.63) is 0 Å².